The summed E-state index contributed by atoms with van der Waals surface area (Å²) in [6, 6.07) is 0.723. The fraction of sp³-hybridized carbons (Fsp3) is 1.00. The summed E-state index contributed by atoms with van der Waals surface area (Å²) in [7, 11) is 2.25. The fourth-order valence-corrected chi connectivity index (χ4v) is 3.01. The van der Waals surface area contributed by atoms with Gasteiger partial charge in [0.05, 0.1) is 6.10 Å². The van der Waals surface area contributed by atoms with Gasteiger partial charge in [-0.2, -0.15) is 0 Å². The SMILES string of the molecule is CN(CC1CCC(O)CC1)C1CCOCC1. The number of ether oxygens (including phenoxy) is 1. The molecule has 3 nitrogen and oxygen atoms in total. The van der Waals surface area contributed by atoms with Gasteiger partial charge in [0.1, 0.15) is 0 Å². The van der Waals surface area contributed by atoms with Crippen LogP contribution >= 0.6 is 0 Å². The van der Waals surface area contributed by atoms with Crippen molar-refractivity contribution in [2.75, 3.05) is 26.8 Å². The molecule has 0 radical (unpaired) electrons. The van der Waals surface area contributed by atoms with Crippen molar-refractivity contribution >= 4 is 0 Å². The van der Waals surface area contributed by atoms with Gasteiger partial charge >= 0.3 is 0 Å². The molecule has 1 aliphatic carbocycles. The van der Waals surface area contributed by atoms with E-state index in [0.717, 1.165) is 38.0 Å². The first-order valence-electron chi connectivity index (χ1n) is 6.71. The third-order valence-corrected chi connectivity index (χ3v) is 4.18. The Bertz CT molecular complexity index is 196. The van der Waals surface area contributed by atoms with E-state index in [0.29, 0.717) is 0 Å². The Kier molecular flexibility index (Phi) is 4.62. The number of hydrogen-bond donors (Lipinski definition) is 1. The molecule has 0 spiro atoms. The summed E-state index contributed by atoms with van der Waals surface area (Å²) < 4.78 is 5.39. The minimum Gasteiger partial charge on any atom is -0.393 e. The minimum atomic E-state index is -0.0235. The van der Waals surface area contributed by atoms with Gasteiger partial charge in [0.2, 0.25) is 0 Å². The highest BCUT2D eigenvalue weighted by Gasteiger charge is 2.24. The predicted octanol–water partition coefficient (Wildman–Crippen LogP) is 1.65. The molecule has 1 heterocycles. The zero-order valence-electron chi connectivity index (χ0n) is 10.4. The molecule has 16 heavy (non-hydrogen) atoms. The summed E-state index contributed by atoms with van der Waals surface area (Å²) >= 11 is 0. The van der Waals surface area contributed by atoms with Crippen molar-refractivity contribution in [2.45, 2.75) is 50.7 Å². The zero-order valence-corrected chi connectivity index (χ0v) is 10.4. The second-order valence-electron chi connectivity index (χ2n) is 5.46. The molecule has 1 saturated carbocycles. The topological polar surface area (TPSA) is 32.7 Å². The molecule has 2 fully saturated rings. The second kappa shape index (κ2) is 5.99. The first-order chi connectivity index (χ1) is 7.75. The van der Waals surface area contributed by atoms with Crippen LogP contribution in [0.25, 0.3) is 0 Å². The van der Waals surface area contributed by atoms with E-state index in [4.69, 9.17) is 4.74 Å². The summed E-state index contributed by atoms with van der Waals surface area (Å²) in [5.41, 5.74) is 0. The van der Waals surface area contributed by atoms with Gasteiger partial charge in [-0.25, -0.2) is 0 Å². The number of rotatable bonds is 3. The Morgan fingerprint density at radius 2 is 1.69 bits per heavy atom. The minimum absolute atomic E-state index is 0.0235. The van der Waals surface area contributed by atoms with E-state index in [9.17, 15) is 5.11 Å². The van der Waals surface area contributed by atoms with Crippen molar-refractivity contribution in [1.29, 1.82) is 0 Å². The Labute approximate surface area is 98.8 Å². The van der Waals surface area contributed by atoms with Gasteiger partial charge in [-0.15, -0.1) is 0 Å². The van der Waals surface area contributed by atoms with Crippen LogP contribution in [0.5, 0.6) is 0 Å². The van der Waals surface area contributed by atoms with Gasteiger partial charge in [-0.1, -0.05) is 0 Å². The molecule has 1 N–H and O–H groups in total. The van der Waals surface area contributed by atoms with E-state index >= 15 is 0 Å². The lowest BCUT2D eigenvalue weighted by atomic mass is 9.87. The highest BCUT2D eigenvalue weighted by molar-refractivity contribution is 4.78. The lowest BCUT2D eigenvalue weighted by molar-refractivity contribution is 0.0311. The molecule has 0 aromatic heterocycles. The van der Waals surface area contributed by atoms with Gasteiger partial charge < -0.3 is 14.7 Å². The van der Waals surface area contributed by atoms with Crippen LogP contribution in [0.2, 0.25) is 0 Å². The zero-order chi connectivity index (χ0) is 11.4. The van der Waals surface area contributed by atoms with Crippen molar-refractivity contribution in [2.24, 2.45) is 5.92 Å². The van der Waals surface area contributed by atoms with Gasteiger partial charge in [-0.05, 0) is 51.5 Å². The van der Waals surface area contributed by atoms with Crippen LogP contribution in [0.15, 0.2) is 0 Å². The maximum atomic E-state index is 9.48. The van der Waals surface area contributed by atoms with Crippen LogP contribution < -0.4 is 0 Å². The summed E-state index contributed by atoms with van der Waals surface area (Å²) in [6.07, 6.45) is 6.77. The molecular weight excluding hydrogens is 202 g/mol. The van der Waals surface area contributed by atoms with E-state index in [1.54, 1.807) is 0 Å². The number of aliphatic hydroxyl groups excluding tert-OH is 1. The van der Waals surface area contributed by atoms with Crippen LogP contribution in [0.1, 0.15) is 38.5 Å². The Morgan fingerprint density at radius 3 is 2.31 bits per heavy atom. The quantitative estimate of drug-likeness (QED) is 0.795. The Balaban J connectivity index is 1.71. The van der Waals surface area contributed by atoms with E-state index in [1.165, 1.54) is 32.2 Å². The van der Waals surface area contributed by atoms with Crippen LogP contribution in [0.3, 0.4) is 0 Å². The van der Waals surface area contributed by atoms with Crippen LogP contribution in [0.4, 0.5) is 0 Å². The summed E-state index contributed by atoms with van der Waals surface area (Å²) in [5.74, 6) is 0.802. The molecule has 1 saturated heterocycles. The van der Waals surface area contributed by atoms with Gasteiger partial charge in [0, 0.05) is 25.8 Å². The van der Waals surface area contributed by atoms with Crippen molar-refractivity contribution in [1.82, 2.24) is 4.90 Å². The molecule has 0 amide bonds. The molecule has 2 rings (SSSR count). The van der Waals surface area contributed by atoms with Gasteiger partial charge in [0.15, 0.2) is 0 Å². The fourth-order valence-electron chi connectivity index (χ4n) is 3.01. The largest absolute Gasteiger partial charge is 0.393 e. The standard InChI is InChI=1S/C13H25NO2/c1-14(12-6-8-16-9-7-12)10-11-2-4-13(15)5-3-11/h11-13,15H,2-10H2,1H3. The maximum absolute atomic E-state index is 9.48. The molecule has 0 atom stereocenters. The predicted molar refractivity (Wildman–Crippen MR) is 64.4 cm³/mol. The van der Waals surface area contributed by atoms with Crippen molar-refractivity contribution < 1.29 is 9.84 Å². The lowest BCUT2D eigenvalue weighted by Gasteiger charge is -2.35. The molecule has 1 aliphatic heterocycles. The monoisotopic (exact) mass is 227 g/mol. The Morgan fingerprint density at radius 1 is 1.06 bits per heavy atom. The Hall–Kier alpha value is -0.120. The summed E-state index contributed by atoms with van der Waals surface area (Å²) in [5, 5.41) is 9.48. The highest BCUT2D eigenvalue weighted by atomic mass is 16.5. The number of hydrogen-bond acceptors (Lipinski definition) is 3. The van der Waals surface area contributed by atoms with Crippen LogP contribution in [-0.2, 0) is 4.74 Å². The van der Waals surface area contributed by atoms with Crippen molar-refractivity contribution in [3.8, 4) is 0 Å². The normalized spacial score (nSPS) is 33.2. The van der Waals surface area contributed by atoms with E-state index in [-0.39, 0.29) is 6.10 Å². The van der Waals surface area contributed by atoms with Crippen molar-refractivity contribution in [3.63, 3.8) is 0 Å². The third kappa shape index (κ3) is 3.44. The highest BCUT2D eigenvalue weighted by Crippen LogP contribution is 2.26. The van der Waals surface area contributed by atoms with E-state index < -0.39 is 0 Å². The molecule has 0 unspecified atom stereocenters. The summed E-state index contributed by atoms with van der Waals surface area (Å²) in [6.45, 7) is 3.06. The van der Waals surface area contributed by atoms with E-state index in [1.807, 2.05) is 0 Å². The van der Waals surface area contributed by atoms with Crippen LogP contribution in [-0.4, -0.2) is 49.0 Å². The molecule has 0 aromatic carbocycles. The average molecular weight is 227 g/mol. The van der Waals surface area contributed by atoms with Gasteiger partial charge in [-0.3, -0.25) is 0 Å². The third-order valence-electron chi connectivity index (χ3n) is 4.18. The first-order valence-corrected chi connectivity index (χ1v) is 6.71. The lowest BCUT2D eigenvalue weighted by Crippen LogP contribution is -2.40. The molecule has 3 heteroatoms. The number of nitrogens with zero attached hydrogens (tertiary/aromatic N) is 1. The first kappa shape index (κ1) is 12.3. The average Bonchev–Trinajstić information content (AvgIpc) is 2.33. The molecule has 0 aromatic rings. The molecule has 0 bridgehead atoms. The molecular formula is C13H25NO2. The molecule has 2 aliphatic rings. The maximum Gasteiger partial charge on any atom is 0.0540 e. The number of aliphatic hydroxyl groups is 1. The van der Waals surface area contributed by atoms with Crippen molar-refractivity contribution in [3.05, 3.63) is 0 Å². The van der Waals surface area contributed by atoms with Gasteiger partial charge in [0.25, 0.3) is 0 Å². The molecule has 94 valence electrons. The summed E-state index contributed by atoms with van der Waals surface area (Å²) in [4.78, 5) is 2.52. The second-order valence-corrected chi connectivity index (χ2v) is 5.46. The van der Waals surface area contributed by atoms with E-state index in [2.05, 4.69) is 11.9 Å². The smallest absolute Gasteiger partial charge is 0.0540 e. The van der Waals surface area contributed by atoms with Crippen LogP contribution in [0, 0.1) is 5.92 Å².